The molecule has 0 saturated carbocycles. The summed E-state index contributed by atoms with van der Waals surface area (Å²) in [7, 11) is 0. The van der Waals surface area contributed by atoms with Gasteiger partial charge in [-0.1, -0.05) is 6.07 Å². The molecule has 1 N–H and O–H groups in total. The van der Waals surface area contributed by atoms with Gasteiger partial charge in [-0.3, -0.25) is 9.69 Å². The first kappa shape index (κ1) is 10.8. The Hall–Kier alpha value is -0.710. The highest BCUT2D eigenvalue weighted by atomic mass is 32.1. The maximum Gasteiger partial charge on any atom is 0.152 e. The van der Waals surface area contributed by atoms with E-state index in [-0.39, 0.29) is 11.8 Å². The van der Waals surface area contributed by atoms with E-state index >= 15 is 0 Å². The highest BCUT2D eigenvalue weighted by molar-refractivity contribution is 7.10. The van der Waals surface area contributed by atoms with Crippen LogP contribution in [0.4, 0.5) is 0 Å². The standard InChI is InChI=1S/C11H16N2OS/c1-9(14)11(10-3-2-8-15-10)13-6-4-12-5-7-13/h2-3,8,11-12H,4-7H2,1H3. The fraction of sp³-hybridized carbons (Fsp3) is 0.545. The van der Waals surface area contributed by atoms with Crippen molar-refractivity contribution in [3.63, 3.8) is 0 Å². The smallest absolute Gasteiger partial charge is 0.152 e. The summed E-state index contributed by atoms with van der Waals surface area (Å²) < 4.78 is 0. The molecule has 1 aliphatic heterocycles. The van der Waals surface area contributed by atoms with E-state index in [0.717, 1.165) is 26.2 Å². The van der Waals surface area contributed by atoms with Gasteiger partial charge in [0.2, 0.25) is 0 Å². The van der Waals surface area contributed by atoms with Crippen molar-refractivity contribution in [2.24, 2.45) is 0 Å². The van der Waals surface area contributed by atoms with Crippen LogP contribution in [0.3, 0.4) is 0 Å². The lowest BCUT2D eigenvalue weighted by Gasteiger charge is -2.32. The Morgan fingerprint density at radius 2 is 2.27 bits per heavy atom. The van der Waals surface area contributed by atoms with Gasteiger partial charge in [-0.15, -0.1) is 11.3 Å². The summed E-state index contributed by atoms with van der Waals surface area (Å²) in [5.74, 6) is 0.249. The average Bonchev–Trinajstić information content (AvgIpc) is 2.72. The van der Waals surface area contributed by atoms with Crippen molar-refractivity contribution in [1.29, 1.82) is 0 Å². The summed E-state index contributed by atoms with van der Waals surface area (Å²) in [6.07, 6.45) is 0. The molecule has 1 saturated heterocycles. The quantitative estimate of drug-likeness (QED) is 0.839. The minimum absolute atomic E-state index is 0.0212. The molecule has 1 unspecified atom stereocenters. The molecule has 1 aliphatic rings. The van der Waals surface area contributed by atoms with Crippen LogP contribution in [0.15, 0.2) is 17.5 Å². The number of Topliss-reactive ketones (excluding diaryl/α,β-unsaturated/α-hetero) is 1. The number of hydrogen-bond donors (Lipinski definition) is 1. The van der Waals surface area contributed by atoms with Crippen LogP contribution < -0.4 is 5.32 Å². The van der Waals surface area contributed by atoms with E-state index < -0.39 is 0 Å². The van der Waals surface area contributed by atoms with Gasteiger partial charge in [0.05, 0.1) is 0 Å². The molecule has 1 aromatic heterocycles. The van der Waals surface area contributed by atoms with Crippen molar-refractivity contribution in [2.75, 3.05) is 26.2 Å². The number of ketones is 1. The van der Waals surface area contributed by atoms with Gasteiger partial charge >= 0.3 is 0 Å². The van der Waals surface area contributed by atoms with Gasteiger partial charge in [-0.25, -0.2) is 0 Å². The van der Waals surface area contributed by atoms with E-state index in [1.165, 1.54) is 4.88 Å². The Morgan fingerprint density at radius 1 is 1.53 bits per heavy atom. The number of carbonyl (C=O) groups excluding carboxylic acids is 1. The van der Waals surface area contributed by atoms with E-state index in [9.17, 15) is 4.79 Å². The topological polar surface area (TPSA) is 32.3 Å². The number of nitrogens with one attached hydrogen (secondary N) is 1. The lowest BCUT2D eigenvalue weighted by molar-refractivity contribution is -0.122. The van der Waals surface area contributed by atoms with Crippen LogP contribution in [-0.2, 0) is 4.79 Å². The Morgan fingerprint density at radius 3 is 2.80 bits per heavy atom. The maximum absolute atomic E-state index is 11.7. The third-order valence-electron chi connectivity index (χ3n) is 2.71. The molecule has 15 heavy (non-hydrogen) atoms. The van der Waals surface area contributed by atoms with E-state index in [1.807, 2.05) is 11.4 Å². The van der Waals surface area contributed by atoms with Crippen LogP contribution in [0.25, 0.3) is 0 Å². The normalized spacial score (nSPS) is 20.1. The van der Waals surface area contributed by atoms with E-state index in [0.29, 0.717) is 0 Å². The zero-order valence-corrected chi connectivity index (χ0v) is 9.72. The fourth-order valence-electron chi connectivity index (χ4n) is 2.02. The minimum Gasteiger partial charge on any atom is -0.314 e. The second kappa shape index (κ2) is 4.88. The first-order chi connectivity index (χ1) is 7.29. The van der Waals surface area contributed by atoms with Crippen LogP contribution >= 0.6 is 11.3 Å². The molecule has 0 amide bonds. The van der Waals surface area contributed by atoms with E-state index in [4.69, 9.17) is 0 Å². The van der Waals surface area contributed by atoms with Gasteiger partial charge in [-0.05, 0) is 18.4 Å². The first-order valence-electron chi connectivity index (χ1n) is 5.27. The van der Waals surface area contributed by atoms with Gasteiger partial charge in [-0.2, -0.15) is 0 Å². The first-order valence-corrected chi connectivity index (χ1v) is 6.15. The summed E-state index contributed by atoms with van der Waals surface area (Å²) in [5.41, 5.74) is 0. The molecule has 2 heterocycles. The Labute approximate surface area is 94.1 Å². The highest BCUT2D eigenvalue weighted by Crippen LogP contribution is 2.26. The van der Waals surface area contributed by atoms with Crippen molar-refractivity contribution in [2.45, 2.75) is 13.0 Å². The molecule has 0 aromatic carbocycles. The summed E-state index contributed by atoms with van der Waals surface area (Å²) in [5, 5.41) is 5.34. The zero-order chi connectivity index (χ0) is 10.7. The van der Waals surface area contributed by atoms with Crippen molar-refractivity contribution in [1.82, 2.24) is 10.2 Å². The second-order valence-electron chi connectivity index (χ2n) is 3.81. The molecular formula is C11H16N2OS. The maximum atomic E-state index is 11.7. The van der Waals surface area contributed by atoms with Crippen LogP contribution in [0.2, 0.25) is 0 Å². The van der Waals surface area contributed by atoms with Crippen LogP contribution in [0, 0.1) is 0 Å². The molecule has 0 radical (unpaired) electrons. The van der Waals surface area contributed by atoms with Gasteiger partial charge < -0.3 is 5.32 Å². The predicted octanol–water partition coefficient (Wildman–Crippen LogP) is 1.28. The van der Waals surface area contributed by atoms with E-state index in [1.54, 1.807) is 18.3 Å². The summed E-state index contributed by atoms with van der Waals surface area (Å²) in [6, 6.07) is 4.05. The van der Waals surface area contributed by atoms with Gasteiger partial charge in [0.15, 0.2) is 5.78 Å². The van der Waals surface area contributed by atoms with Crippen molar-refractivity contribution in [3.05, 3.63) is 22.4 Å². The molecular weight excluding hydrogens is 208 g/mol. The molecule has 2 rings (SSSR count). The molecule has 1 atom stereocenters. The number of piperazine rings is 1. The lowest BCUT2D eigenvalue weighted by Crippen LogP contribution is -2.46. The Bertz CT molecular complexity index is 317. The Balaban J connectivity index is 2.15. The zero-order valence-electron chi connectivity index (χ0n) is 8.90. The summed E-state index contributed by atoms with van der Waals surface area (Å²) in [6.45, 7) is 5.57. The number of nitrogens with zero attached hydrogens (tertiary/aromatic N) is 1. The third kappa shape index (κ3) is 2.45. The van der Waals surface area contributed by atoms with Crippen molar-refractivity contribution in [3.8, 4) is 0 Å². The van der Waals surface area contributed by atoms with E-state index in [2.05, 4.69) is 16.3 Å². The fourth-order valence-corrected chi connectivity index (χ4v) is 2.94. The largest absolute Gasteiger partial charge is 0.314 e. The number of thiophene rings is 1. The lowest BCUT2D eigenvalue weighted by atomic mass is 10.1. The highest BCUT2D eigenvalue weighted by Gasteiger charge is 2.26. The number of rotatable bonds is 3. The predicted molar refractivity (Wildman–Crippen MR) is 62.2 cm³/mol. The number of carbonyl (C=O) groups is 1. The van der Waals surface area contributed by atoms with Crippen LogP contribution in [0.5, 0.6) is 0 Å². The van der Waals surface area contributed by atoms with Gasteiger partial charge in [0.1, 0.15) is 6.04 Å². The average molecular weight is 224 g/mol. The molecule has 3 nitrogen and oxygen atoms in total. The summed E-state index contributed by atoms with van der Waals surface area (Å²) >= 11 is 1.67. The molecule has 0 bridgehead atoms. The molecule has 82 valence electrons. The van der Waals surface area contributed by atoms with Crippen LogP contribution in [0.1, 0.15) is 17.8 Å². The Kier molecular flexibility index (Phi) is 3.51. The molecule has 0 spiro atoms. The summed E-state index contributed by atoms with van der Waals surface area (Å²) in [4.78, 5) is 15.1. The monoisotopic (exact) mass is 224 g/mol. The molecule has 1 aromatic rings. The van der Waals surface area contributed by atoms with Crippen molar-refractivity contribution >= 4 is 17.1 Å². The van der Waals surface area contributed by atoms with Gasteiger partial charge in [0, 0.05) is 31.1 Å². The van der Waals surface area contributed by atoms with Crippen molar-refractivity contribution < 1.29 is 4.79 Å². The van der Waals surface area contributed by atoms with Gasteiger partial charge in [0.25, 0.3) is 0 Å². The minimum atomic E-state index is -0.0212. The number of hydrogen-bond acceptors (Lipinski definition) is 4. The second-order valence-corrected chi connectivity index (χ2v) is 4.79. The molecule has 0 aliphatic carbocycles. The molecule has 1 fully saturated rings. The third-order valence-corrected chi connectivity index (χ3v) is 3.64. The molecule has 4 heteroatoms. The SMILES string of the molecule is CC(=O)C(c1cccs1)N1CCNCC1. The van der Waals surface area contributed by atoms with Crippen LogP contribution in [-0.4, -0.2) is 36.9 Å².